The van der Waals surface area contributed by atoms with Gasteiger partial charge in [0.25, 0.3) is 5.91 Å². The third-order valence-electron chi connectivity index (χ3n) is 5.36. The summed E-state index contributed by atoms with van der Waals surface area (Å²) in [7, 11) is 0. The first-order valence-electron chi connectivity index (χ1n) is 10.5. The maximum absolute atomic E-state index is 14.2. The minimum Gasteiger partial charge on any atom is -0.346 e. The molecule has 0 spiro atoms. The number of carbonyl (C=O) groups is 1. The molecule has 0 saturated carbocycles. The fraction of sp³-hybridized carbons (Fsp3) is 0.200. The van der Waals surface area contributed by atoms with E-state index < -0.39 is 0 Å². The molecule has 7 heteroatoms. The van der Waals surface area contributed by atoms with Gasteiger partial charge in [0.1, 0.15) is 11.5 Å². The molecule has 0 aliphatic heterocycles. The smallest absolute Gasteiger partial charge is 0.274 e. The van der Waals surface area contributed by atoms with Gasteiger partial charge in [-0.25, -0.2) is 9.07 Å². The number of carbonyl (C=O) groups excluding carboxylic acids is 1. The predicted molar refractivity (Wildman–Crippen MR) is 121 cm³/mol. The number of amides is 1. The Morgan fingerprint density at radius 1 is 1.06 bits per heavy atom. The Hall–Kier alpha value is -3.87. The Labute approximate surface area is 186 Å². The van der Waals surface area contributed by atoms with Crippen molar-refractivity contribution in [3.05, 3.63) is 95.1 Å². The van der Waals surface area contributed by atoms with Gasteiger partial charge >= 0.3 is 0 Å². The van der Waals surface area contributed by atoms with Gasteiger partial charge in [0.2, 0.25) is 0 Å². The van der Waals surface area contributed by atoms with Crippen molar-refractivity contribution >= 4 is 5.91 Å². The molecule has 0 radical (unpaired) electrons. The lowest BCUT2D eigenvalue weighted by Crippen LogP contribution is -2.24. The molecular weight excluding hydrogens is 405 g/mol. The highest BCUT2D eigenvalue weighted by molar-refractivity contribution is 5.97. The van der Waals surface area contributed by atoms with Crippen LogP contribution in [0.25, 0.3) is 17.1 Å². The van der Waals surface area contributed by atoms with Crippen molar-refractivity contribution in [3.63, 3.8) is 0 Å². The van der Waals surface area contributed by atoms with Crippen LogP contribution in [-0.2, 0) is 6.54 Å². The van der Waals surface area contributed by atoms with Gasteiger partial charge in [0.05, 0.1) is 11.4 Å². The number of halogens is 1. The summed E-state index contributed by atoms with van der Waals surface area (Å²) in [5.74, 6) is -0.291. The molecule has 162 valence electrons. The Morgan fingerprint density at radius 3 is 2.53 bits per heavy atom. The summed E-state index contributed by atoms with van der Waals surface area (Å²) in [5.41, 5.74) is 4.19. The molecule has 0 aliphatic rings. The first-order valence-corrected chi connectivity index (χ1v) is 10.5. The second-order valence-corrected chi connectivity index (χ2v) is 7.88. The fourth-order valence-electron chi connectivity index (χ4n) is 3.45. The van der Waals surface area contributed by atoms with Gasteiger partial charge in [0, 0.05) is 18.3 Å². The SMILES string of the molecule is Cc1c(F)cccc1-n1nnc(C(=O)NCc2ccc(C(C)C)cc2)c1-c1ccccn1. The Kier molecular flexibility index (Phi) is 6.07. The van der Waals surface area contributed by atoms with Gasteiger partial charge in [-0.1, -0.05) is 55.5 Å². The molecule has 0 bridgehead atoms. The molecule has 1 N–H and O–H groups in total. The average Bonchev–Trinajstić information content (AvgIpc) is 3.25. The number of nitrogens with zero attached hydrogens (tertiary/aromatic N) is 4. The van der Waals surface area contributed by atoms with Crippen LogP contribution in [0.1, 0.15) is 46.9 Å². The third-order valence-corrected chi connectivity index (χ3v) is 5.36. The van der Waals surface area contributed by atoms with E-state index in [4.69, 9.17) is 0 Å². The van der Waals surface area contributed by atoms with Crippen LogP contribution in [0, 0.1) is 12.7 Å². The molecule has 4 aromatic rings. The number of aromatic nitrogens is 4. The zero-order valence-electron chi connectivity index (χ0n) is 18.2. The molecule has 0 atom stereocenters. The molecule has 2 aromatic heterocycles. The lowest BCUT2D eigenvalue weighted by atomic mass is 10.0. The summed E-state index contributed by atoms with van der Waals surface area (Å²) in [4.78, 5) is 17.4. The largest absolute Gasteiger partial charge is 0.346 e. The summed E-state index contributed by atoms with van der Waals surface area (Å²) in [6, 6.07) is 18.2. The number of nitrogens with one attached hydrogen (secondary N) is 1. The van der Waals surface area contributed by atoms with Crippen molar-refractivity contribution in [1.29, 1.82) is 0 Å². The molecular formula is C25H24FN5O. The fourth-order valence-corrected chi connectivity index (χ4v) is 3.45. The van der Waals surface area contributed by atoms with Crippen LogP contribution in [0.15, 0.2) is 66.9 Å². The van der Waals surface area contributed by atoms with Crippen LogP contribution in [0.5, 0.6) is 0 Å². The molecule has 0 unspecified atom stereocenters. The minimum atomic E-state index is -0.376. The maximum atomic E-state index is 14.2. The lowest BCUT2D eigenvalue weighted by Gasteiger charge is -2.11. The van der Waals surface area contributed by atoms with E-state index in [1.165, 1.54) is 16.3 Å². The zero-order valence-corrected chi connectivity index (χ0v) is 18.2. The third kappa shape index (κ3) is 4.27. The Bertz CT molecular complexity index is 1230. The summed E-state index contributed by atoms with van der Waals surface area (Å²) < 4.78 is 15.7. The molecule has 2 aromatic carbocycles. The maximum Gasteiger partial charge on any atom is 0.274 e. The molecule has 32 heavy (non-hydrogen) atoms. The van der Waals surface area contributed by atoms with E-state index in [1.807, 2.05) is 18.2 Å². The highest BCUT2D eigenvalue weighted by Crippen LogP contribution is 2.26. The van der Waals surface area contributed by atoms with Crippen molar-refractivity contribution in [2.75, 3.05) is 0 Å². The second-order valence-electron chi connectivity index (χ2n) is 7.88. The Morgan fingerprint density at radius 2 is 1.84 bits per heavy atom. The minimum absolute atomic E-state index is 0.131. The van der Waals surface area contributed by atoms with Crippen LogP contribution in [0.2, 0.25) is 0 Å². The molecule has 4 rings (SSSR count). The van der Waals surface area contributed by atoms with Gasteiger partial charge in [-0.15, -0.1) is 5.10 Å². The van der Waals surface area contributed by atoms with Crippen molar-refractivity contribution in [3.8, 4) is 17.1 Å². The van der Waals surface area contributed by atoms with Gasteiger partial charge in [-0.3, -0.25) is 9.78 Å². The molecule has 2 heterocycles. The molecule has 1 amide bonds. The first-order chi connectivity index (χ1) is 15.5. The summed E-state index contributed by atoms with van der Waals surface area (Å²) in [5, 5.41) is 11.2. The summed E-state index contributed by atoms with van der Waals surface area (Å²) in [6.07, 6.45) is 1.63. The number of rotatable bonds is 6. The van der Waals surface area contributed by atoms with Crippen LogP contribution >= 0.6 is 0 Å². The lowest BCUT2D eigenvalue weighted by molar-refractivity contribution is 0.0946. The quantitative estimate of drug-likeness (QED) is 0.476. The number of hydrogen-bond acceptors (Lipinski definition) is 4. The number of benzene rings is 2. The molecule has 0 saturated heterocycles. The van der Waals surface area contributed by atoms with Gasteiger partial charge < -0.3 is 5.32 Å². The topological polar surface area (TPSA) is 72.7 Å². The van der Waals surface area contributed by atoms with Gasteiger partial charge in [-0.05, 0) is 48.2 Å². The van der Waals surface area contributed by atoms with Crippen molar-refractivity contribution in [2.45, 2.75) is 33.2 Å². The normalized spacial score (nSPS) is 11.0. The summed E-state index contributed by atoms with van der Waals surface area (Å²) >= 11 is 0. The highest BCUT2D eigenvalue weighted by Gasteiger charge is 2.24. The first kappa shape index (κ1) is 21.4. The van der Waals surface area contributed by atoms with Gasteiger partial charge in [0.15, 0.2) is 5.69 Å². The van der Waals surface area contributed by atoms with E-state index in [1.54, 1.807) is 37.4 Å². The van der Waals surface area contributed by atoms with Crippen LogP contribution in [-0.4, -0.2) is 25.9 Å². The van der Waals surface area contributed by atoms with E-state index in [9.17, 15) is 9.18 Å². The molecule has 0 fully saturated rings. The number of pyridine rings is 1. The van der Waals surface area contributed by atoms with Crippen molar-refractivity contribution < 1.29 is 9.18 Å². The standard InChI is InChI=1S/C25H24FN5O/c1-16(2)19-12-10-18(11-13-19)15-28-25(32)23-24(21-8-4-5-14-27-21)31(30-29-23)22-9-6-7-20(26)17(22)3/h4-14,16H,15H2,1-3H3,(H,28,32). The molecule has 6 nitrogen and oxygen atoms in total. The Balaban J connectivity index is 1.67. The monoisotopic (exact) mass is 429 g/mol. The molecule has 0 aliphatic carbocycles. The number of hydrogen-bond donors (Lipinski definition) is 1. The average molecular weight is 429 g/mol. The second kappa shape index (κ2) is 9.09. The van der Waals surface area contributed by atoms with E-state index in [0.717, 1.165) is 5.56 Å². The van der Waals surface area contributed by atoms with Crippen LogP contribution in [0.4, 0.5) is 4.39 Å². The van der Waals surface area contributed by atoms with E-state index in [2.05, 4.69) is 46.6 Å². The van der Waals surface area contributed by atoms with Crippen LogP contribution in [0.3, 0.4) is 0 Å². The predicted octanol–water partition coefficient (Wildman–Crippen LogP) is 4.83. The zero-order chi connectivity index (χ0) is 22.7. The van der Waals surface area contributed by atoms with Gasteiger partial charge in [-0.2, -0.15) is 0 Å². The van der Waals surface area contributed by atoms with E-state index in [-0.39, 0.29) is 17.4 Å². The van der Waals surface area contributed by atoms with E-state index in [0.29, 0.717) is 35.1 Å². The van der Waals surface area contributed by atoms with E-state index >= 15 is 0 Å². The summed E-state index contributed by atoms with van der Waals surface area (Å²) in [6.45, 7) is 6.29. The van der Waals surface area contributed by atoms with Crippen molar-refractivity contribution in [1.82, 2.24) is 25.3 Å². The highest BCUT2D eigenvalue weighted by atomic mass is 19.1. The van der Waals surface area contributed by atoms with Crippen molar-refractivity contribution in [2.24, 2.45) is 0 Å². The van der Waals surface area contributed by atoms with Crippen LogP contribution < -0.4 is 5.32 Å².